The summed E-state index contributed by atoms with van der Waals surface area (Å²) in [6.45, 7) is 0.834. The summed E-state index contributed by atoms with van der Waals surface area (Å²) in [7, 11) is -0.686. The minimum atomic E-state index is -0.686. The summed E-state index contributed by atoms with van der Waals surface area (Å²) >= 11 is 0. The zero-order valence-corrected chi connectivity index (χ0v) is 16.3. The number of hydrogen-bond acceptors (Lipinski definition) is 5. The summed E-state index contributed by atoms with van der Waals surface area (Å²) in [6.07, 6.45) is 0.998. The van der Waals surface area contributed by atoms with Gasteiger partial charge in [0.1, 0.15) is 17.7 Å². The molecule has 2 aliphatic heterocycles. The Balaban J connectivity index is 1.47. The fourth-order valence-electron chi connectivity index (χ4n) is 4.22. The zero-order valence-electron chi connectivity index (χ0n) is 15.5. The SMILES string of the molecule is N#Cc1ccc(-c2cc(N)nn2-c2ccc(N3CC4CC3CS4=O)cc2)cc1F. The van der Waals surface area contributed by atoms with Crippen LogP contribution in [0.1, 0.15) is 12.0 Å². The Hall–Kier alpha value is -3.18. The molecule has 0 saturated carbocycles. The Bertz CT molecular complexity index is 1170. The largest absolute Gasteiger partial charge is 0.382 e. The Morgan fingerprint density at radius 1 is 1.17 bits per heavy atom. The van der Waals surface area contributed by atoms with Crippen LogP contribution in [0.25, 0.3) is 16.9 Å². The summed E-state index contributed by atoms with van der Waals surface area (Å²) in [6, 6.07) is 16.3. The number of benzene rings is 2. The van der Waals surface area contributed by atoms with Gasteiger partial charge in [-0.15, -0.1) is 0 Å². The lowest BCUT2D eigenvalue weighted by Crippen LogP contribution is -2.38. The van der Waals surface area contributed by atoms with Crippen molar-refractivity contribution in [3.05, 3.63) is 59.9 Å². The van der Waals surface area contributed by atoms with Crippen molar-refractivity contribution in [2.24, 2.45) is 0 Å². The molecular formula is C21H18FN5OS. The van der Waals surface area contributed by atoms with Crippen LogP contribution >= 0.6 is 0 Å². The van der Waals surface area contributed by atoms with E-state index in [1.807, 2.05) is 30.3 Å². The van der Waals surface area contributed by atoms with Crippen LogP contribution in [0.4, 0.5) is 15.9 Å². The number of nitrogens with two attached hydrogens (primary N) is 1. The third-order valence-corrected chi connectivity index (χ3v) is 7.44. The van der Waals surface area contributed by atoms with Crippen LogP contribution in [0.5, 0.6) is 0 Å². The van der Waals surface area contributed by atoms with Gasteiger partial charge in [0, 0.05) is 46.5 Å². The molecular weight excluding hydrogens is 389 g/mol. The number of fused-ring (bicyclic) bond motifs is 2. The first-order chi connectivity index (χ1) is 14.0. The van der Waals surface area contributed by atoms with E-state index >= 15 is 0 Å². The van der Waals surface area contributed by atoms with E-state index in [0.29, 0.717) is 23.1 Å². The van der Waals surface area contributed by atoms with E-state index in [4.69, 9.17) is 11.0 Å². The van der Waals surface area contributed by atoms with Crippen LogP contribution in [0.3, 0.4) is 0 Å². The molecule has 0 aliphatic carbocycles. The molecule has 2 aliphatic rings. The van der Waals surface area contributed by atoms with Crippen LogP contribution in [0.2, 0.25) is 0 Å². The molecule has 2 bridgehead atoms. The van der Waals surface area contributed by atoms with Gasteiger partial charge in [-0.25, -0.2) is 9.07 Å². The summed E-state index contributed by atoms with van der Waals surface area (Å²) in [5.41, 5.74) is 9.06. The molecule has 8 heteroatoms. The monoisotopic (exact) mass is 407 g/mol. The molecule has 29 heavy (non-hydrogen) atoms. The van der Waals surface area contributed by atoms with Crippen molar-refractivity contribution in [1.82, 2.24) is 9.78 Å². The highest BCUT2D eigenvalue weighted by Crippen LogP contribution is 2.35. The van der Waals surface area contributed by atoms with Gasteiger partial charge in [-0.05, 0) is 42.8 Å². The van der Waals surface area contributed by atoms with E-state index in [1.54, 1.807) is 16.8 Å². The van der Waals surface area contributed by atoms with Gasteiger partial charge in [-0.3, -0.25) is 4.21 Å². The third-order valence-electron chi connectivity index (χ3n) is 5.64. The van der Waals surface area contributed by atoms with Gasteiger partial charge in [-0.1, -0.05) is 6.07 Å². The Kier molecular flexibility index (Phi) is 4.14. The average Bonchev–Trinajstić information content (AvgIpc) is 3.41. The fraction of sp³-hybridized carbons (Fsp3) is 0.238. The molecule has 146 valence electrons. The van der Waals surface area contributed by atoms with Gasteiger partial charge in [0.15, 0.2) is 0 Å². The van der Waals surface area contributed by atoms with Crippen LogP contribution < -0.4 is 10.6 Å². The number of halogens is 1. The minimum Gasteiger partial charge on any atom is -0.382 e. The van der Waals surface area contributed by atoms with E-state index in [1.165, 1.54) is 12.1 Å². The number of nitriles is 1. The lowest BCUT2D eigenvalue weighted by molar-refractivity contribution is 0.624. The zero-order chi connectivity index (χ0) is 20.1. The molecule has 2 saturated heterocycles. The first-order valence-electron chi connectivity index (χ1n) is 9.33. The third kappa shape index (κ3) is 2.98. The summed E-state index contributed by atoms with van der Waals surface area (Å²) < 4.78 is 27.7. The molecule has 5 rings (SSSR count). The first-order valence-corrected chi connectivity index (χ1v) is 10.7. The molecule has 1 aromatic heterocycles. The smallest absolute Gasteiger partial charge is 0.146 e. The molecule has 0 radical (unpaired) electrons. The lowest BCUT2D eigenvalue weighted by Gasteiger charge is -2.28. The second-order valence-electron chi connectivity index (χ2n) is 7.40. The Morgan fingerprint density at radius 3 is 2.55 bits per heavy atom. The Morgan fingerprint density at radius 2 is 1.93 bits per heavy atom. The fourth-order valence-corrected chi connectivity index (χ4v) is 5.95. The van der Waals surface area contributed by atoms with E-state index < -0.39 is 16.6 Å². The van der Waals surface area contributed by atoms with Crippen molar-refractivity contribution in [3.8, 4) is 23.0 Å². The summed E-state index contributed by atoms with van der Waals surface area (Å²) in [4.78, 5) is 2.32. The molecule has 0 spiro atoms. The topological polar surface area (TPSA) is 87.9 Å². The summed E-state index contributed by atoms with van der Waals surface area (Å²) in [5, 5.41) is 13.6. The predicted molar refractivity (Wildman–Crippen MR) is 111 cm³/mol. The van der Waals surface area contributed by atoms with Crippen molar-refractivity contribution < 1.29 is 8.60 Å². The molecule has 3 aromatic rings. The van der Waals surface area contributed by atoms with E-state index in [-0.39, 0.29) is 10.8 Å². The number of aromatic nitrogens is 2. The average molecular weight is 407 g/mol. The summed E-state index contributed by atoms with van der Waals surface area (Å²) in [5.74, 6) is 0.498. The molecule has 3 atom stereocenters. The van der Waals surface area contributed by atoms with E-state index in [9.17, 15) is 8.60 Å². The lowest BCUT2D eigenvalue weighted by atomic mass is 10.1. The highest BCUT2D eigenvalue weighted by atomic mass is 32.2. The van der Waals surface area contributed by atoms with Gasteiger partial charge in [0.2, 0.25) is 0 Å². The number of nitrogens with zero attached hydrogens (tertiary/aromatic N) is 4. The maximum atomic E-state index is 14.1. The number of nitrogen functional groups attached to an aromatic ring is 1. The van der Waals surface area contributed by atoms with Crippen LogP contribution in [0, 0.1) is 17.1 Å². The standard InChI is InChI=1S/C21H18FN5OS/c22-19-7-13(1-2-14(19)10-23)20-9-21(24)25-27(20)16-5-3-15(4-6-16)26-11-18-8-17(26)12-29(18)28/h1-7,9,17-18H,8,11-12H2,(H2,24,25). The molecule has 6 nitrogen and oxygen atoms in total. The van der Waals surface area contributed by atoms with Crippen molar-refractivity contribution in [3.63, 3.8) is 0 Å². The van der Waals surface area contributed by atoms with Crippen LogP contribution in [0.15, 0.2) is 48.5 Å². The van der Waals surface area contributed by atoms with Crippen molar-refractivity contribution >= 4 is 22.3 Å². The van der Waals surface area contributed by atoms with Gasteiger partial charge in [0.05, 0.1) is 22.2 Å². The number of hydrogen-bond donors (Lipinski definition) is 1. The van der Waals surface area contributed by atoms with Gasteiger partial charge in [0.25, 0.3) is 0 Å². The molecule has 3 unspecified atom stereocenters. The highest BCUT2D eigenvalue weighted by Gasteiger charge is 2.43. The van der Waals surface area contributed by atoms with Crippen molar-refractivity contribution in [2.45, 2.75) is 17.7 Å². The molecule has 3 heterocycles. The highest BCUT2D eigenvalue weighted by molar-refractivity contribution is 7.86. The van der Waals surface area contributed by atoms with Gasteiger partial charge >= 0.3 is 0 Å². The molecule has 2 N–H and O–H groups in total. The second kappa shape index (κ2) is 6.71. The Labute approximate surface area is 169 Å². The minimum absolute atomic E-state index is 0.00187. The van der Waals surface area contributed by atoms with Gasteiger partial charge < -0.3 is 10.6 Å². The quantitative estimate of drug-likeness (QED) is 0.721. The van der Waals surface area contributed by atoms with Crippen LogP contribution in [-0.2, 0) is 10.8 Å². The maximum Gasteiger partial charge on any atom is 0.146 e. The first kappa shape index (κ1) is 17.9. The van der Waals surface area contributed by atoms with Crippen molar-refractivity contribution in [2.75, 3.05) is 22.9 Å². The van der Waals surface area contributed by atoms with Crippen LogP contribution in [-0.4, -0.2) is 37.6 Å². The molecule has 2 fully saturated rings. The normalized spacial score (nSPS) is 22.8. The second-order valence-corrected chi connectivity index (χ2v) is 9.16. The molecule has 0 amide bonds. The maximum absolute atomic E-state index is 14.1. The van der Waals surface area contributed by atoms with E-state index in [2.05, 4.69) is 10.00 Å². The van der Waals surface area contributed by atoms with E-state index in [0.717, 1.165) is 30.1 Å². The number of anilines is 2. The molecule has 2 aromatic carbocycles. The predicted octanol–water partition coefficient (Wildman–Crippen LogP) is 2.84. The number of rotatable bonds is 3. The van der Waals surface area contributed by atoms with Gasteiger partial charge in [-0.2, -0.15) is 10.4 Å². The van der Waals surface area contributed by atoms with Crippen molar-refractivity contribution in [1.29, 1.82) is 5.26 Å².